The number of piperidine rings is 1. The molecule has 0 aromatic heterocycles. The Morgan fingerprint density at radius 3 is 2.48 bits per heavy atom. The van der Waals surface area contributed by atoms with Gasteiger partial charge in [-0.1, -0.05) is 24.6 Å². The highest BCUT2D eigenvalue weighted by atomic mass is 32.2. The Morgan fingerprint density at radius 2 is 1.93 bits per heavy atom. The number of amides is 1. The van der Waals surface area contributed by atoms with E-state index in [1.807, 2.05) is 45.0 Å². The molecule has 1 aliphatic heterocycles. The first-order valence-corrected chi connectivity index (χ1v) is 11.9. The predicted octanol–water partition coefficient (Wildman–Crippen LogP) is 2.42. The standard InChI is InChI=1S/C21H32N4O3S/c1-4-16-29(27,28)23-19-10-14-24(15-11-19)18(3)21(26)25(13-5-12-22)20-8-6-17(2)7-9-20/h6-9,18-19,23H,4-5,10-11,13-16H2,1-3H3. The molecule has 1 aliphatic rings. The Labute approximate surface area is 174 Å². The van der Waals surface area contributed by atoms with E-state index < -0.39 is 10.0 Å². The SMILES string of the molecule is CCCS(=O)(=O)NC1CCN(C(C)C(=O)N(CCC#N)c2ccc(C)cc2)CC1. The summed E-state index contributed by atoms with van der Waals surface area (Å²) in [6.45, 7) is 7.40. The van der Waals surface area contributed by atoms with Crippen molar-refractivity contribution in [3.05, 3.63) is 29.8 Å². The summed E-state index contributed by atoms with van der Waals surface area (Å²) in [7, 11) is -3.22. The summed E-state index contributed by atoms with van der Waals surface area (Å²) in [5.74, 6) is 0.112. The third kappa shape index (κ3) is 6.81. The minimum absolute atomic E-state index is 0.0332. The number of nitrogens with one attached hydrogen (secondary N) is 1. The number of aryl methyl sites for hydroxylation is 1. The molecular weight excluding hydrogens is 388 g/mol. The normalized spacial score (nSPS) is 16.9. The smallest absolute Gasteiger partial charge is 0.244 e. The molecule has 1 amide bonds. The molecular formula is C21H32N4O3S. The van der Waals surface area contributed by atoms with Crippen LogP contribution < -0.4 is 9.62 Å². The maximum Gasteiger partial charge on any atom is 0.244 e. The molecule has 1 N–H and O–H groups in total. The van der Waals surface area contributed by atoms with Crippen molar-refractivity contribution >= 4 is 21.6 Å². The van der Waals surface area contributed by atoms with Crippen LogP contribution in [0.1, 0.15) is 45.1 Å². The molecule has 1 saturated heterocycles. The maximum atomic E-state index is 13.2. The van der Waals surface area contributed by atoms with Crippen LogP contribution in [0.3, 0.4) is 0 Å². The van der Waals surface area contributed by atoms with Crippen LogP contribution in [0.2, 0.25) is 0 Å². The summed E-state index contributed by atoms with van der Waals surface area (Å²) in [6, 6.07) is 9.45. The van der Waals surface area contributed by atoms with E-state index in [0.717, 1.165) is 11.3 Å². The Balaban J connectivity index is 2.00. The van der Waals surface area contributed by atoms with Gasteiger partial charge in [-0.15, -0.1) is 0 Å². The molecule has 8 heteroatoms. The lowest BCUT2D eigenvalue weighted by Gasteiger charge is -2.37. The van der Waals surface area contributed by atoms with Crippen molar-refractivity contribution < 1.29 is 13.2 Å². The van der Waals surface area contributed by atoms with Gasteiger partial charge in [-0.25, -0.2) is 13.1 Å². The average Bonchev–Trinajstić information content (AvgIpc) is 2.69. The molecule has 0 bridgehead atoms. The van der Waals surface area contributed by atoms with Crippen LogP contribution in [-0.2, 0) is 14.8 Å². The zero-order valence-electron chi connectivity index (χ0n) is 17.6. The van der Waals surface area contributed by atoms with Crippen LogP contribution in [0.4, 0.5) is 5.69 Å². The highest BCUT2D eigenvalue weighted by Gasteiger charge is 2.31. The molecule has 1 atom stereocenters. The van der Waals surface area contributed by atoms with E-state index in [-0.39, 0.29) is 30.2 Å². The van der Waals surface area contributed by atoms with Crippen LogP contribution in [-0.4, -0.2) is 56.7 Å². The van der Waals surface area contributed by atoms with E-state index in [9.17, 15) is 13.2 Å². The molecule has 1 aromatic rings. The fourth-order valence-corrected chi connectivity index (χ4v) is 5.02. The van der Waals surface area contributed by atoms with Crippen LogP contribution in [0, 0.1) is 18.3 Å². The second-order valence-corrected chi connectivity index (χ2v) is 9.53. The molecule has 0 spiro atoms. The number of nitrogens with zero attached hydrogens (tertiary/aromatic N) is 3. The minimum atomic E-state index is -3.22. The summed E-state index contributed by atoms with van der Waals surface area (Å²) in [6.07, 6.45) is 2.23. The number of hydrogen-bond acceptors (Lipinski definition) is 5. The number of hydrogen-bond donors (Lipinski definition) is 1. The second-order valence-electron chi connectivity index (χ2n) is 7.66. The molecule has 1 unspecified atom stereocenters. The lowest BCUT2D eigenvalue weighted by molar-refractivity contribution is -0.123. The molecule has 0 saturated carbocycles. The van der Waals surface area contributed by atoms with E-state index in [0.29, 0.717) is 38.9 Å². The molecule has 7 nitrogen and oxygen atoms in total. The molecule has 29 heavy (non-hydrogen) atoms. The van der Waals surface area contributed by atoms with Gasteiger partial charge in [0.1, 0.15) is 0 Å². The zero-order chi connectivity index (χ0) is 21.4. The Bertz CT molecular complexity index is 809. The van der Waals surface area contributed by atoms with Gasteiger partial charge in [0, 0.05) is 31.4 Å². The highest BCUT2D eigenvalue weighted by molar-refractivity contribution is 7.89. The van der Waals surface area contributed by atoms with Gasteiger partial charge >= 0.3 is 0 Å². The minimum Gasteiger partial charge on any atom is -0.310 e. The van der Waals surface area contributed by atoms with Crippen molar-refractivity contribution in [2.75, 3.05) is 30.3 Å². The molecule has 0 aliphatic carbocycles. The largest absolute Gasteiger partial charge is 0.310 e. The van der Waals surface area contributed by atoms with Crippen molar-refractivity contribution in [3.63, 3.8) is 0 Å². The van der Waals surface area contributed by atoms with Crippen LogP contribution >= 0.6 is 0 Å². The number of rotatable bonds is 9. The number of carbonyl (C=O) groups excluding carboxylic acids is 1. The topological polar surface area (TPSA) is 93.5 Å². The summed E-state index contributed by atoms with van der Waals surface area (Å²) < 4.78 is 26.7. The second kappa shape index (κ2) is 10.7. The van der Waals surface area contributed by atoms with Crippen molar-refractivity contribution in [2.24, 2.45) is 0 Å². The molecule has 160 valence electrons. The van der Waals surface area contributed by atoms with Gasteiger partial charge in [0.05, 0.1) is 24.3 Å². The molecule has 0 radical (unpaired) electrons. The third-order valence-corrected chi connectivity index (χ3v) is 6.95. The van der Waals surface area contributed by atoms with E-state index in [1.165, 1.54) is 0 Å². The van der Waals surface area contributed by atoms with Gasteiger partial charge in [0.2, 0.25) is 15.9 Å². The van der Waals surface area contributed by atoms with Crippen LogP contribution in [0.15, 0.2) is 24.3 Å². The molecule has 2 rings (SSSR count). The quantitative estimate of drug-likeness (QED) is 0.662. The van der Waals surface area contributed by atoms with Gasteiger partial charge < -0.3 is 4.90 Å². The number of sulfonamides is 1. The lowest BCUT2D eigenvalue weighted by atomic mass is 10.0. The average molecular weight is 421 g/mol. The zero-order valence-corrected chi connectivity index (χ0v) is 18.4. The van der Waals surface area contributed by atoms with Crippen LogP contribution in [0.5, 0.6) is 0 Å². The Hall–Kier alpha value is -1.95. The van der Waals surface area contributed by atoms with Crippen molar-refractivity contribution in [1.82, 2.24) is 9.62 Å². The lowest BCUT2D eigenvalue weighted by Crippen LogP contribution is -2.53. The van der Waals surface area contributed by atoms with Gasteiger partial charge in [0.15, 0.2) is 0 Å². The van der Waals surface area contributed by atoms with Gasteiger partial charge in [-0.05, 0) is 45.2 Å². The molecule has 1 heterocycles. The first-order chi connectivity index (χ1) is 13.8. The van der Waals surface area contributed by atoms with Gasteiger partial charge in [-0.2, -0.15) is 5.26 Å². The number of likely N-dealkylation sites (tertiary alicyclic amines) is 1. The van der Waals surface area contributed by atoms with Crippen molar-refractivity contribution in [3.8, 4) is 6.07 Å². The third-order valence-electron chi connectivity index (χ3n) is 5.31. The summed E-state index contributed by atoms with van der Waals surface area (Å²) >= 11 is 0. The Morgan fingerprint density at radius 1 is 1.31 bits per heavy atom. The van der Waals surface area contributed by atoms with E-state index in [2.05, 4.69) is 15.7 Å². The summed E-state index contributed by atoms with van der Waals surface area (Å²) in [5.41, 5.74) is 1.91. The summed E-state index contributed by atoms with van der Waals surface area (Å²) in [5, 5.41) is 8.98. The molecule has 1 fully saturated rings. The first kappa shape index (κ1) is 23.3. The van der Waals surface area contributed by atoms with Gasteiger partial charge in [0.25, 0.3) is 0 Å². The van der Waals surface area contributed by atoms with Gasteiger partial charge in [-0.3, -0.25) is 9.69 Å². The number of anilines is 1. The predicted molar refractivity (Wildman–Crippen MR) is 115 cm³/mol. The Kier molecular flexibility index (Phi) is 8.62. The fourth-order valence-electron chi connectivity index (χ4n) is 3.62. The van der Waals surface area contributed by atoms with E-state index in [1.54, 1.807) is 4.90 Å². The molecule has 1 aromatic carbocycles. The van der Waals surface area contributed by atoms with Crippen molar-refractivity contribution in [1.29, 1.82) is 5.26 Å². The maximum absolute atomic E-state index is 13.2. The van der Waals surface area contributed by atoms with E-state index >= 15 is 0 Å². The highest BCUT2D eigenvalue weighted by Crippen LogP contribution is 2.20. The van der Waals surface area contributed by atoms with Crippen LogP contribution in [0.25, 0.3) is 0 Å². The first-order valence-electron chi connectivity index (χ1n) is 10.3. The number of benzene rings is 1. The number of nitriles is 1. The monoisotopic (exact) mass is 420 g/mol. The van der Waals surface area contributed by atoms with E-state index in [4.69, 9.17) is 5.26 Å². The fraction of sp³-hybridized carbons (Fsp3) is 0.619. The number of carbonyl (C=O) groups is 1. The summed E-state index contributed by atoms with van der Waals surface area (Å²) in [4.78, 5) is 17.0. The van der Waals surface area contributed by atoms with Crippen molar-refractivity contribution in [2.45, 2.75) is 58.5 Å².